The Morgan fingerprint density at radius 3 is 2.25 bits per heavy atom. The Labute approximate surface area is 142 Å². The number of hydrogen-bond acceptors (Lipinski definition) is 4. The zero-order chi connectivity index (χ0) is 16.4. The van der Waals surface area contributed by atoms with Crippen LogP contribution in [0, 0.1) is 0 Å². The number of fused-ring (bicyclic) bond motifs is 1. The van der Waals surface area contributed by atoms with Gasteiger partial charge in [-0.3, -0.25) is 5.32 Å². The number of nitrogens with one attached hydrogen (secondary N) is 1. The molecule has 2 saturated heterocycles. The van der Waals surface area contributed by atoms with Crippen molar-refractivity contribution < 1.29 is 14.2 Å². The van der Waals surface area contributed by atoms with Gasteiger partial charge in [0.25, 0.3) is 0 Å². The first-order valence-corrected chi connectivity index (χ1v) is 8.63. The van der Waals surface area contributed by atoms with Gasteiger partial charge in [0, 0.05) is 5.56 Å². The van der Waals surface area contributed by atoms with Crippen LogP contribution in [0.3, 0.4) is 0 Å². The first kappa shape index (κ1) is 15.8. The van der Waals surface area contributed by atoms with Crippen molar-refractivity contribution in [1.82, 2.24) is 5.32 Å². The van der Waals surface area contributed by atoms with E-state index in [1.165, 1.54) is 0 Å². The zero-order valence-electron chi connectivity index (χ0n) is 13.8. The average Bonchev–Trinajstić information content (AvgIpc) is 2.68. The number of ether oxygens (including phenoxy) is 3. The predicted molar refractivity (Wildman–Crippen MR) is 91.3 cm³/mol. The van der Waals surface area contributed by atoms with Crippen LogP contribution in [0.25, 0.3) is 0 Å². The maximum Gasteiger partial charge on any atom is 0.184 e. The van der Waals surface area contributed by atoms with Gasteiger partial charge >= 0.3 is 0 Å². The Morgan fingerprint density at radius 1 is 0.917 bits per heavy atom. The van der Waals surface area contributed by atoms with E-state index in [0.717, 1.165) is 17.5 Å². The fourth-order valence-corrected chi connectivity index (χ4v) is 3.45. The number of hydrogen-bond donors (Lipinski definition) is 1. The molecule has 0 aromatic heterocycles. The van der Waals surface area contributed by atoms with Gasteiger partial charge < -0.3 is 14.2 Å². The van der Waals surface area contributed by atoms with Crippen molar-refractivity contribution in [2.45, 2.75) is 44.1 Å². The first-order chi connectivity index (χ1) is 11.8. The molecule has 5 atom stereocenters. The zero-order valence-corrected chi connectivity index (χ0v) is 13.8. The van der Waals surface area contributed by atoms with Gasteiger partial charge in [0.2, 0.25) is 0 Å². The lowest BCUT2D eigenvalue weighted by Gasteiger charge is -2.46. The molecule has 0 aliphatic carbocycles. The van der Waals surface area contributed by atoms with E-state index in [-0.39, 0.29) is 30.8 Å². The van der Waals surface area contributed by atoms with Gasteiger partial charge in [0.15, 0.2) is 6.29 Å². The molecule has 2 fully saturated rings. The van der Waals surface area contributed by atoms with Crippen LogP contribution in [0.4, 0.5) is 0 Å². The molecule has 2 unspecified atom stereocenters. The maximum absolute atomic E-state index is 6.28. The lowest BCUT2D eigenvalue weighted by molar-refractivity contribution is -0.284. The Morgan fingerprint density at radius 2 is 1.58 bits per heavy atom. The molecule has 4 nitrogen and oxygen atoms in total. The second-order valence-electron chi connectivity index (χ2n) is 6.32. The van der Waals surface area contributed by atoms with E-state index in [9.17, 15) is 0 Å². The second-order valence-corrected chi connectivity index (χ2v) is 6.32. The van der Waals surface area contributed by atoms with Crippen molar-refractivity contribution in [1.29, 1.82) is 0 Å². The maximum atomic E-state index is 6.28. The molecule has 1 N–H and O–H groups in total. The molecule has 0 saturated carbocycles. The standard InChI is InChI=1S/C20H23NO3/c1-2-17-18-16(21-19(23-17)14-9-5-3-6-10-14)13-22-20(24-18)15-11-7-4-8-12-15/h3-12,16-21H,2,13H2,1H3/t16-,17+,18-,19?,20?/m0/s1. The normalized spacial score (nSPS) is 33.0. The lowest BCUT2D eigenvalue weighted by Crippen LogP contribution is -2.60. The second kappa shape index (κ2) is 7.03. The van der Waals surface area contributed by atoms with Crippen molar-refractivity contribution in [3.63, 3.8) is 0 Å². The molecule has 4 rings (SSSR count). The highest BCUT2D eigenvalue weighted by Gasteiger charge is 2.43. The Balaban J connectivity index is 1.51. The molecule has 0 bridgehead atoms. The lowest BCUT2D eigenvalue weighted by atomic mass is 9.98. The largest absolute Gasteiger partial charge is 0.353 e. The smallest absolute Gasteiger partial charge is 0.184 e. The Bertz CT molecular complexity index is 640. The molecule has 2 aromatic rings. The van der Waals surface area contributed by atoms with Gasteiger partial charge in [-0.2, -0.15) is 0 Å². The van der Waals surface area contributed by atoms with E-state index in [4.69, 9.17) is 14.2 Å². The van der Waals surface area contributed by atoms with Crippen molar-refractivity contribution in [3.05, 3.63) is 71.8 Å². The van der Waals surface area contributed by atoms with Crippen LogP contribution in [-0.4, -0.2) is 24.9 Å². The van der Waals surface area contributed by atoms with E-state index in [1.54, 1.807) is 0 Å². The minimum atomic E-state index is -0.319. The fourth-order valence-electron chi connectivity index (χ4n) is 3.45. The van der Waals surface area contributed by atoms with Crippen molar-refractivity contribution in [2.24, 2.45) is 0 Å². The summed E-state index contributed by atoms with van der Waals surface area (Å²) < 4.78 is 18.5. The monoisotopic (exact) mass is 325 g/mol. The van der Waals surface area contributed by atoms with Crippen molar-refractivity contribution in [3.8, 4) is 0 Å². The molecule has 24 heavy (non-hydrogen) atoms. The molecule has 2 aliphatic heterocycles. The van der Waals surface area contributed by atoms with Gasteiger partial charge in [-0.15, -0.1) is 0 Å². The molecule has 126 valence electrons. The molecular formula is C20H23NO3. The van der Waals surface area contributed by atoms with Crippen LogP contribution in [0.2, 0.25) is 0 Å². The highest BCUT2D eigenvalue weighted by Crippen LogP contribution is 2.35. The minimum Gasteiger partial charge on any atom is -0.353 e. The molecule has 2 aliphatic rings. The number of rotatable bonds is 3. The van der Waals surface area contributed by atoms with Crippen LogP contribution >= 0.6 is 0 Å². The van der Waals surface area contributed by atoms with Crippen LogP contribution in [0.15, 0.2) is 60.7 Å². The summed E-state index contributed by atoms with van der Waals surface area (Å²) >= 11 is 0. The van der Waals surface area contributed by atoms with Crippen molar-refractivity contribution in [2.75, 3.05) is 6.61 Å². The molecule has 0 radical (unpaired) electrons. The summed E-state index contributed by atoms with van der Waals surface area (Å²) in [6.45, 7) is 2.76. The average molecular weight is 325 g/mol. The van der Waals surface area contributed by atoms with Crippen LogP contribution in [-0.2, 0) is 14.2 Å². The molecule has 0 spiro atoms. The highest BCUT2D eigenvalue weighted by atomic mass is 16.7. The summed E-state index contributed by atoms with van der Waals surface area (Å²) in [7, 11) is 0. The van der Waals surface area contributed by atoms with Gasteiger partial charge in [-0.25, -0.2) is 0 Å². The minimum absolute atomic E-state index is 0.00563. The van der Waals surface area contributed by atoms with E-state index in [0.29, 0.717) is 6.61 Å². The molecule has 0 amide bonds. The Hall–Kier alpha value is -1.72. The summed E-state index contributed by atoms with van der Waals surface area (Å²) in [5.74, 6) is 0. The third-order valence-corrected chi connectivity index (χ3v) is 4.72. The quantitative estimate of drug-likeness (QED) is 0.936. The summed E-state index contributed by atoms with van der Waals surface area (Å²) in [5.41, 5.74) is 2.19. The summed E-state index contributed by atoms with van der Waals surface area (Å²) in [6, 6.07) is 20.5. The molecular weight excluding hydrogens is 302 g/mol. The molecule has 2 aromatic carbocycles. The van der Waals surface area contributed by atoms with Gasteiger partial charge in [-0.1, -0.05) is 67.6 Å². The van der Waals surface area contributed by atoms with Crippen molar-refractivity contribution >= 4 is 0 Å². The van der Waals surface area contributed by atoms with E-state index < -0.39 is 0 Å². The van der Waals surface area contributed by atoms with E-state index in [1.807, 2.05) is 48.5 Å². The predicted octanol–water partition coefficient (Wildman–Crippen LogP) is 3.57. The topological polar surface area (TPSA) is 39.7 Å². The van der Waals surface area contributed by atoms with Gasteiger partial charge in [0.05, 0.1) is 18.8 Å². The van der Waals surface area contributed by atoms with Crippen LogP contribution in [0.1, 0.15) is 37.0 Å². The van der Waals surface area contributed by atoms with Gasteiger partial charge in [-0.05, 0) is 12.0 Å². The van der Waals surface area contributed by atoms with Crippen LogP contribution < -0.4 is 5.32 Å². The summed E-state index contributed by atoms with van der Waals surface area (Å²) in [6.07, 6.45) is 0.525. The molecule has 2 heterocycles. The third-order valence-electron chi connectivity index (χ3n) is 4.72. The Kier molecular flexibility index (Phi) is 4.63. The third kappa shape index (κ3) is 3.10. The SMILES string of the molecule is CC[C@H]1OC(c2ccccc2)N[C@H]2COC(c3ccccc3)O[C@@H]21. The van der Waals surface area contributed by atoms with Crippen LogP contribution in [0.5, 0.6) is 0 Å². The summed E-state index contributed by atoms with van der Waals surface area (Å²) in [5, 5.41) is 3.54. The van der Waals surface area contributed by atoms with E-state index in [2.05, 4.69) is 24.4 Å². The van der Waals surface area contributed by atoms with Gasteiger partial charge in [0.1, 0.15) is 12.3 Å². The molecule has 4 heteroatoms. The number of benzene rings is 2. The first-order valence-electron chi connectivity index (χ1n) is 8.63. The fraction of sp³-hybridized carbons (Fsp3) is 0.400. The van der Waals surface area contributed by atoms with E-state index >= 15 is 0 Å². The highest BCUT2D eigenvalue weighted by molar-refractivity contribution is 5.19. The summed E-state index contributed by atoms with van der Waals surface area (Å²) in [4.78, 5) is 0.